The lowest BCUT2D eigenvalue weighted by molar-refractivity contribution is -0.384. The van der Waals surface area contributed by atoms with Gasteiger partial charge >= 0.3 is 5.97 Å². The molecular formula is C16H14Cl2N2O6S. The van der Waals surface area contributed by atoms with Gasteiger partial charge < -0.3 is 4.74 Å². The van der Waals surface area contributed by atoms with Crippen molar-refractivity contribution in [1.82, 2.24) is 0 Å². The molecule has 0 aliphatic carbocycles. The van der Waals surface area contributed by atoms with Crippen molar-refractivity contribution in [3.05, 3.63) is 62.6 Å². The molecule has 0 radical (unpaired) electrons. The van der Waals surface area contributed by atoms with Gasteiger partial charge in [-0.3, -0.25) is 19.2 Å². The first kappa shape index (κ1) is 20.9. The summed E-state index contributed by atoms with van der Waals surface area (Å²) in [5, 5.41) is 10.8. The summed E-state index contributed by atoms with van der Waals surface area (Å²) < 4.78 is 31.7. The maximum atomic E-state index is 13.1. The van der Waals surface area contributed by atoms with E-state index in [1.807, 2.05) is 0 Å². The highest BCUT2D eigenvalue weighted by atomic mass is 35.5. The van der Waals surface area contributed by atoms with Crippen LogP contribution < -0.4 is 4.31 Å². The molecule has 27 heavy (non-hydrogen) atoms. The minimum absolute atomic E-state index is 0.0180. The van der Waals surface area contributed by atoms with Crippen LogP contribution in [-0.2, 0) is 19.6 Å². The standard InChI is InChI=1S/C16H14Cl2N2O6S/c1-2-26-15(21)10-19(14-5-3-4-13(17)16(14)18)27(24,25)12-8-6-11(7-9-12)20(22)23/h3-9H,2,10H2,1H3. The Labute approximate surface area is 165 Å². The summed E-state index contributed by atoms with van der Waals surface area (Å²) in [6.07, 6.45) is 0. The second-order valence-electron chi connectivity index (χ2n) is 5.14. The number of non-ortho nitro benzene ring substituents is 1. The Morgan fingerprint density at radius 1 is 1.19 bits per heavy atom. The maximum Gasteiger partial charge on any atom is 0.326 e. The van der Waals surface area contributed by atoms with E-state index in [0.717, 1.165) is 28.6 Å². The quantitative estimate of drug-likeness (QED) is 0.375. The van der Waals surface area contributed by atoms with Gasteiger partial charge in [0.1, 0.15) is 6.54 Å². The predicted molar refractivity (Wildman–Crippen MR) is 101 cm³/mol. The van der Waals surface area contributed by atoms with Crippen LogP contribution in [0.2, 0.25) is 10.0 Å². The zero-order chi connectivity index (χ0) is 20.2. The fourth-order valence-corrected chi connectivity index (χ4v) is 4.04. The first-order chi connectivity index (χ1) is 12.7. The van der Waals surface area contributed by atoms with Crippen molar-refractivity contribution in [2.75, 3.05) is 17.5 Å². The van der Waals surface area contributed by atoms with E-state index in [1.54, 1.807) is 6.92 Å². The van der Waals surface area contributed by atoms with Crippen LogP contribution in [-0.4, -0.2) is 32.5 Å². The van der Waals surface area contributed by atoms with Gasteiger partial charge in [-0.1, -0.05) is 29.3 Å². The fourth-order valence-electron chi connectivity index (χ4n) is 2.18. The van der Waals surface area contributed by atoms with E-state index in [9.17, 15) is 23.3 Å². The van der Waals surface area contributed by atoms with Crippen molar-refractivity contribution in [3.8, 4) is 0 Å². The van der Waals surface area contributed by atoms with Gasteiger partial charge in [-0.05, 0) is 31.2 Å². The molecule has 144 valence electrons. The van der Waals surface area contributed by atoms with Gasteiger partial charge in [-0.25, -0.2) is 8.42 Å². The number of nitrogens with zero attached hydrogens (tertiary/aromatic N) is 2. The summed E-state index contributed by atoms with van der Waals surface area (Å²) in [7, 11) is -4.28. The van der Waals surface area contributed by atoms with Gasteiger partial charge in [-0.15, -0.1) is 0 Å². The topological polar surface area (TPSA) is 107 Å². The number of carbonyl (C=O) groups is 1. The van der Waals surface area contributed by atoms with Crippen molar-refractivity contribution < 1.29 is 22.9 Å². The largest absolute Gasteiger partial charge is 0.465 e. The van der Waals surface area contributed by atoms with Gasteiger partial charge in [0.25, 0.3) is 15.7 Å². The van der Waals surface area contributed by atoms with Gasteiger partial charge in [0.15, 0.2) is 0 Å². The molecule has 0 saturated carbocycles. The van der Waals surface area contributed by atoms with Gasteiger partial charge in [0.2, 0.25) is 0 Å². The van der Waals surface area contributed by atoms with Crippen LogP contribution in [0.3, 0.4) is 0 Å². The SMILES string of the molecule is CCOC(=O)CN(c1cccc(Cl)c1Cl)S(=O)(=O)c1ccc([N+](=O)[O-])cc1. The van der Waals surface area contributed by atoms with Crippen molar-refractivity contribution in [2.24, 2.45) is 0 Å². The van der Waals surface area contributed by atoms with E-state index in [4.69, 9.17) is 27.9 Å². The van der Waals surface area contributed by atoms with E-state index in [1.165, 1.54) is 18.2 Å². The lowest BCUT2D eigenvalue weighted by atomic mass is 10.3. The van der Waals surface area contributed by atoms with Crippen molar-refractivity contribution in [3.63, 3.8) is 0 Å². The lowest BCUT2D eigenvalue weighted by Gasteiger charge is -2.24. The van der Waals surface area contributed by atoms with E-state index >= 15 is 0 Å². The molecule has 0 spiro atoms. The van der Waals surface area contributed by atoms with Crippen LogP contribution in [0.15, 0.2) is 47.4 Å². The highest BCUT2D eigenvalue weighted by Gasteiger charge is 2.30. The van der Waals surface area contributed by atoms with Crippen molar-refractivity contribution >= 4 is 50.6 Å². The number of carbonyl (C=O) groups excluding carboxylic acids is 1. The van der Waals surface area contributed by atoms with Crippen LogP contribution in [0.1, 0.15) is 6.92 Å². The number of nitro benzene ring substituents is 1. The Hall–Kier alpha value is -2.36. The third-order valence-corrected chi connectivity index (χ3v) is 6.00. The van der Waals surface area contributed by atoms with Crippen LogP contribution in [0.5, 0.6) is 0 Å². The molecule has 0 aliphatic rings. The minimum atomic E-state index is -4.28. The number of halogens is 2. The van der Waals surface area contributed by atoms with E-state index < -0.39 is 27.5 Å². The number of anilines is 1. The number of hydrogen-bond acceptors (Lipinski definition) is 6. The van der Waals surface area contributed by atoms with Gasteiger partial charge in [-0.2, -0.15) is 0 Å². The summed E-state index contributed by atoms with van der Waals surface area (Å²) in [5.41, 5.74) is -0.290. The molecule has 0 fully saturated rings. The molecule has 2 aromatic carbocycles. The Bertz CT molecular complexity index is 963. The molecule has 8 nitrogen and oxygen atoms in total. The van der Waals surface area contributed by atoms with Gasteiger partial charge in [0.05, 0.1) is 32.2 Å². The number of rotatable bonds is 7. The summed E-state index contributed by atoms with van der Waals surface area (Å²) in [4.78, 5) is 21.8. The summed E-state index contributed by atoms with van der Waals surface area (Å²) in [5.74, 6) is -0.793. The summed E-state index contributed by atoms with van der Waals surface area (Å²) >= 11 is 12.1. The smallest absolute Gasteiger partial charge is 0.326 e. The summed E-state index contributed by atoms with van der Waals surface area (Å²) in [6.45, 7) is 1.00. The van der Waals surface area contributed by atoms with E-state index in [2.05, 4.69) is 0 Å². The molecule has 11 heteroatoms. The molecule has 2 rings (SSSR count). The molecule has 0 aliphatic heterocycles. The maximum absolute atomic E-state index is 13.1. The molecule has 0 heterocycles. The number of hydrogen-bond donors (Lipinski definition) is 0. The lowest BCUT2D eigenvalue weighted by Crippen LogP contribution is -2.36. The zero-order valence-corrected chi connectivity index (χ0v) is 16.3. The Morgan fingerprint density at radius 2 is 1.81 bits per heavy atom. The second-order valence-corrected chi connectivity index (χ2v) is 7.79. The van der Waals surface area contributed by atoms with E-state index in [-0.39, 0.29) is 32.9 Å². The molecule has 0 unspecified atom stereocenters. The number of esters is 1. The molecule has 0 aromatic heterocycles. The molecule has 0 amide bonds. The highest BCUT2D eigenvalue weighted by molar-refractivity contribution is 7.92. The monoisotopic (exact) mass is 432 g/mol. The first-order valence-electron chi connectivity index (χ1n) is 7.55. The average molecular weight is 433 g/mol. The van der Waals surface area contributed by atoms with Crippen LogP contribution in [0, 0.1) is 10.1 Å². The van der Waals surface area contributed by atoms with E-state index in [0.29, 0.717) is 0 Å². The fraction of sp³-hybridized carbons (Fsp3) is 0.188. The Kier molecular flexibility index (Phi) is 6.63. The zero-order valence-electron chi connectivity index (χ0n) is 14.0. The normalized spacial score (nSPS) is 11.1. The Balaban J connectivity index is 2.55. The highest BCUT2D eigenvalue weighted by Crippen LogP contribution is 2.35. The second kappa shape index (κ2) is 8.55. The minimum Gasteiger partial charge on any atom is -0.465 e. The number of ether oxygens (including phenoxy) is 1. The molecular weight excluding hydrogens is 419 g/mol. The third-order valence-electron chi connectivity index (χ3n) is 3.41. The molecule has 0 bridgehead atoms. The van der Waals surface area contributed by atoms with Gasteiger partial charge in [0, 0.05) is 12.1 Å². The predicted octanol–water partition coefficient (Wildman–Crippen LogP) is 3.66. The molecule has 2 aromatic rings. The first-order valence-corrected chi connectivity index (χ1v) is 9.75. The molecule has 0 saturated heterocycles. The third kappa shape index (κ3) is 4.68. The summed E-state index contributed by atoms with van der Waals surface area (Å²) in [6, 6.07) is 8.58. The average Bonchev–Trinajstić information content (AvgIpc) is 2.62. The Morgan fingerprint density at radius 3 is 2.37 bits per heavy atom. The number of nitro groups is 1. The van der Waals surface area contributed by atoms with Crippen molar-refractivity contribution in [2.45, 2.75) is 11.8 Å². The molecule has 0 N–H and O–H groups in total. The van der Waals surface area contributed by atoms with Crippen molar-refractivity contribution in [1.29, 1.82) is 0 Å². The van der Waals surface area contributed by atoms with Crippen LogP contribution in [0.25, 0.3) is 0 Å². The number of benzene rings is 2. The number of sulfonamides is 1. The molecule has 0 atom stereocenters. The van der Waals surface area contributed by atoms with Crippen LogP contribution in [0.4, 0.5) is 11.4 Å². The van der Waals surface area contributed by atoms with Crippen LogP contribution >= 0.6 is 23.2 Å².